The van der Waals surface area contributed by atoms with E-state index in [0.29, 0.717) is 13.1 Å². The van der Waals surface area contributed by atoms with Gasteiger partial charge in [-0.15, -0.1) is 11.3 Å². The molecule has 2 N–H and O–H groups in total. The number of amides is 1. The predicted octanol–water partition coefficient (Wildman–Crippen LogP) is 2.50. The molecule has 1 aliphatic carbocycles. The van der Waals surface area contributed by atoms with Gasteiger partial charge < -0.3 is 10.6 Å². The van der Waals surface area contributed by atoms with Crippen molar-refractivity contribution >= 4 is 23.1 Å². The molecule has 0 saturated carbocycles. The number of thiophene rings is 1. The summed E-state index contributed by atoms with van der Waals surface area (Å²) in [4.78, 5) is 21.8. The van der Waals surface area contributed by atoms with Gasteiger partial charge in [0.25, 0.3) is 5.91 Å². The van der Waals surface area contributed by atoms with Crippen LogP contribution in [0.3, 0.4) is 0 Å². The lowest BCUT2D eigenvalue weighted by molar-refractivity contribution is 0.0954. The molecular formula is C16H20N4OS. The summed E-state index contributed by atoms with van der Waals surface area (Å²) in [5.41, 5.74) is 2.13. The quantitative estimate of drug-likeness (QED) is 0.832. The van der Waals surface area contributed by atoms with Crippen molar-refractivity contribution in [2.45, 2.75) is 26.2 Å². The normalized spacial score (nSPS) is 16.9. The molecule has 116 valence electrons. The molecule has 0 bridgehead atoms. The highest BCUT2D eigenvalue weighted by molar-refractivity contribution is 7.10. The number of carbonyl (C=O) groups excluding carboxylic acids is 1. The van der Waals surface area contributed by atoms with Crippen LogP contribution in [0.2, 0.25) is 0 Å². The van der Waals surface area contributed by atoms with Crippen LogP contribution in [0, 0.1) is 5.92 Å². The Morgan fingerprint density at radius 2 is 2.32 bits per heavy atom. The van der Waals surface area contributed by atoms with Gasteiger partial charge in [-0.25, -0.2) is 4.98 Å². The van der Waals surface area contributed by atoms with Crippen LogP contribution in [-0.2, 0) is 12.8 Å². The summed E-state index contributed by atoms with van der Waals surface area (Å²) in [7, 11) is 0. The first-order chi connectivity index (χ1) is 10.7. The molecule has 0 saturated heterocycles. The smallest absolute Gasteiger partial charge is 0.252 e. The Balaban J connectivity index is 1.50. The first-order valence-electron chi connectivity index (χ1n) is 7.61. The van der Waals surface area contributed by atoms with E-state index >= 15 is 0 Å². The van der Waals surface area contributed by atoms with Crippen LogP contribution < -0.4 is 10.6 Å². The average Bonchev–Trinajstić information content (AvgIpc) is 2.95. The first kappa shape index (κ1) is 15.0. The van der Waals surface area contributed by atoms with Gasteiger partial charge >= 0.3 is 0 Å². The van der Waals surface area contributed by atoms with Crippen molar-refractivity contribution in [2.24, 2.45) is 5.92 Å². The molecule has 0 aromatic carbocycles. The molecule has 22 heavy (non-hydrogen) atoms. The van der Waals surface area contributed by atoms with Crippen LogP contribution in [0.5, 0.6) is 0 Å². The monoisotopic (exact) mass is 316 g/mol. The fourth-order valence-corrected chi connectivity index (χ4v) is 3.96. The van der Waals surface area contributed by atoms with Crippen LogP contribution in [0.15, 0.2) is 24.0 Å². The molecule has 0 fully saturated rings. The van der Waals surface area contributed by atoms with Crippen molar-refractivity contribution in [3.05, 3.63) is 40.0 Å². The molecule has 1 amide bonds. The number of rotatable bonds is 5. The van der Waals surface area contributed by atoms with E-state index in [9.17, 15) is 4.79 Å². The summed E-state index contributed by atoms with van der Waals surface area (Å²) < 4.78 is 0. The number of anilines is 1. The second kappa shape index (κ2) is 6.87. The second-order valence-corrected chi connectivity index (χ2v) is 6.64. The van der Waals surface area contributed by atoms with Crippen molar-refractivity contribution in [2.75, 3.05) is 18.4 Å². The minimum absolute atomic E-state index is 0.0352. The molecule has 0 radical (unpaired) electrons. The third-order valence-corrected chi connectivity index (χ3v) is 4.98. The van der Waals surface area contributed by atoms with Crippen molar-refractivity contribution in [1.29, 1.82) is 0 Å². The zero-order valence-electron chi connectivity index (χ0n) is 12.6. The third kappa shape index (κ3) is 3.44. The molecule has 1 aliphatic rings. The highest BCUT2D eigenvalue weighted by Gasteiger charge is 2.22. The predicted molar refractivity (Wildman–Crippen MR) is 88.4 cm³/mol. The number of aromatic nitrogens is 2. The van der Waals surface area contributed by atoms with Gasteiger partial charge in [0.2, 0.25) is 0 Å². The molecule has 2 aromatic rings. The van der Waals surface area contributed by atoms with Crippen molar-refractivity contribution in [1.82, 2.24) is 15.3 Å². The number of fused-ring (bicyclic) bond motifs is 1. The SMILES string of the molecule is C[C@@H]1CCc2c(C(=O)NCCNc3cnccn3)csc2C1. The third-order valence-electron chi connectivity index (χ3n) is 3.93. The lowest BCUT2D eigenvalue weighted by Gasteiger charge is -2.18. The lowest BCUT2D eigenvalue weighted by atomic mass is 9.88. The Morgan fingerprint density at radius 3 is 3.14 bits per heavy atom. The zero-order valence-corrected chi connectivity index (χ0v) is 13.4. The summed E-state index contributed by atoms with van der Waals surface area (Å²) in [5, 5.41) is 8.11. The summed E-state index contributed by atoms with van der Waals surface area (Å²) in [6, 6.07) is 0. The number of carbonyl (C=O) groups is 1. The van der Waals surface area contributed by atoms with E-state index in [4.69, 9.17) is 0 Å². The van der Waals surface area contributed by atoms with E-state index in [2.05, 4.69) is 27.5 Å². The van der Waals surface area contributed by atoms with Gasteiger partial charge in [0, 0.05) is 35.7 Å². The van der Waals surface area contributed by atoms with Gasteiger partial charge in [-0.2, -0.15) is 0 Å². The maximum atomic E-state index is 12.3. The molecular weight excluding hydrogens is 296 g/mol. The largest absolute Gasteiger partial charge is 0.367 e. The average molecular weight is 316 g/mol. The number of hydrogen-bond donors (Lipinski definition) is 2. The Bertz CT molecular complexity index is 641. The van der Waals surface area contributed by atoms with Crippen molar-refractivity contribution < 1.29 is 4.79 Å². The molecule has 0 unspecified atom stereocenters. The number of nitrogens with zero attached hydrogens (tertiary/aromatic N) is 2. The van der Waals surface area contributed by atoms with Crippen molar-refractivity contribution in [3.8, 4) is 0 Å². The fourth-order valence-electron chi connectivity index (χ4n) is 2.72. The van der Waals surface area contributed by atoms with E-state index in [1.54, 1.807) is 29.9 Å². The van der Waals surface area contributed by atoms with E-state index in [1.165, 1.54) is 16.9 Å². The Hall–Kier alpha value is -1.95. The maximum absolute atomic E-state index is 12.3. The minimum Gasteiger partial charge on any atom is -0.367 e. The Kier molecular flexibility index (Phi) is 4.68. The molecule has 6 heteroatoms. The van der Waals surface area contributed by atoms with Gasteiger partial charge in [0.05, 0.1) is 11.8 Å². The van der Waals surface area contributed by atoms with Gasteiger partial charge in [0.15, 0.2) is 0 Å². The zero-order chi connectivity index (χ0) is 15.4. The van der Waals surface area contributed by atoms with E-state index in [-0.39, 0.29) is 5.91 Å². The molecule has 1 atom stereocenters. The topological polar surface area (TPSA) is 66.9 Å². The minimum atomic E-state index is 0.0352. The van der Waals surface area contributed by atoms with E-state index in [1.807, 2.05) is 5.38 Å². The molecule has 2 aromatic heterocycles. The number of nitrogens with one attached hydrogen (secondary N) is 2. The van der Waals surface area contributed by atoms with E-state index < -0.39 is 0 Å². The summed E-state index contributed by atoms with van der Waals surface area (Å²) in [6.45, 7) is 3.48. The lowest BCUT2D eigenvalue weighted by Crippen LogP contribution is -2.29. The van der Waals surface area contributed by atoms with Gasteiger partial charge in [-0.05, 0) is 30.7 Å². The molecule has 2 heterocycles. The van der Waals surface area contributed by atoms with Gasteiger partial charge in [-0.3, -0.25) is 9.78 Å². The highest BCUT2D eigenvalue weighted by atomic mass is 32.1. The van der Waals surface area contributed by atoms with Gasteiger partial charge in [-0.1, -0.05) is 6.92 Å². The molecule has 3 rings (SSSR count). The molecule has 0 aliphatic heterocycles. The van der Waals surface area contributed by atoms with Crippen molar-refractivity contribution in [3.63, 3.8) is 0 Å². The van der Waals surface area contributed by atoms with Crippen LogP contribution in [0.1, 0.15) is 34.1 Å². The van der Waals surface area contributed by atoms with Crippen LogP contribution in [0.4, 0.5) is 5.82 Å². The summed E-state index contributed by atoms with van der Waals surface area (Å²) in [5.74, 6) is 1.49. The molecule has 5 nitrogen and oxygen atoms in total. The maximum Gasteiger partial charge on any atom is 0.252 e. The summed E-state index contributed by atoms with van der Waals surface area (Å²) >= 11 is 1.73. The van der Waals surface area contributed by atoms with E-state index in [0.717, 1.165) is 30.1 Å². The molecule has 0 spiro atoms. The first-order valence-corrected chi connectivity index (χ1v) is 8.49. The second-order valence-electron chi connectivity index (χ2n) is 5.67. The Morgan fingerprint density at radius 1 is 1.41 bits per heavy atom. The Labute approximate surface area is 134 Å². The van der Waals surface area contributed by atoms with Crippen LogP contribution in [0.25, 0.3) is 0 Å². The van der Waals surface area contributed by atoms with Crippen LogP contribution in [-0.4, -0.2) is 29.0 Å². The van der Waals surface area contributed by atoms with Crippen LogP contribution >= 0.6 is 11.3 Å². The standard InChI is InChI=1S/C16H20N4OS/c1-11-2-3-12-13(10-22-14(12)8-11)16(21)20-7-6-19-15-9-17-4-5-18-15/h4-5,9-11H,2-3,6-8H2,1H3,(H,18,19)(H,20,21)/t11-/m1/s1. The van der Waals surface area contributed by atoms with Gasteiger partial charge in [0.1, 0.15) is 5.82 Å². The summed E-state index contributed by atoms with van der Waals surface area (Å²) in [6.07, 6.45) is 8.26. The fraction of sp³-hybridized carbons (Fsp3) is 0.438. The highest BCUT2D eigenvalue weighted by Crippen LogP contribution is 2.32. The number of hydrogen-bond acceptors (Lipinski definition) is 5.